The smallest absolute Gasteiger partial charge is 0.306 e. The van der Waals surface area contributed by atoms with Gasteiger partial charge in [0.1, 0.15) is 13.2 Å². The van der Waals surface area contributed by atoms with Crippen molar-refractivity contribution in [2.24, 2.45) is 11.8 Å². The summed E-state index contributed by atoms with van der Waals surface area (Å²) in [7, 11) is 0. The predicted molar refractivity (Wildman–Crippen MR) is 280 cm³/mol. The zero-order valence-corrected chi connectivity index (χ0v) is 44.6. The van der Waals surface area contributed by atoms with Crippen LogP contribution in [0.1, 0.15) is 330 Å². The second kappa shape index (κ2) is 51.8. The number of rotatable bonds is 53. The lowest BCUT2D eigenvalue weighted by Gasteiger charge is -2.18. The number of ether oxygens (including phenoxy) is 3. The van der Waals surface area contributed by atoms with E-state index >= 15 is 0 Å². The lowest BCUT2D eigenvalue weighted by atomic mass is 9.99. The number of esters is 3. The average molecular weight is 920 g/mol. The second-order valence-corrected chi connectivity index (χ2v) is 20.8. The van der Waals surface area contributed by atoms with Crippen LogP contribution in [0.2, 0.25) is 0 Å². The van der Waals surface area contributed by atoms with Crippen LogP contribution in [0, 0.1) is 11.8 Å². The Morgan fingerprint density at radius 3 is 0.800 bits per heavy atom. The molecule has 6 heteroatoms. The maximum Gasteiger partial charge on any atom is 0.306 e. The van der Waals surface area contributed by atoms with Gasteiger partial charge >= 0.3 is 17.9 Å². The fourth-order valence-electron chi connectivity index (χ4n) is 8.99. The standard InChI is InChI=1S/C59H114O6/c1-6-9-10-11-12-13-14-15-16-17-18-19-20-21-22-29-34-39-44-49-57(60)63-52-56(65-59(62)51-46-41-36-31-26-24-28-33-38-43-48-55(5)8-3)53-64-58(61)50-45-40-35-30-25-23-27-32-37-42-47-54(4)7-2/h54-56H,6-53H2,1-5H3/t54?,55?,56-/m1/s1. The molecule has 0 fully saturated rings. The topological polar surface area (TPSA) is 78.9 Å². The van der Waals surface area contributed by atoms with Crippen LogP contribution in [0.15, 0.2) is 0 Å². The van der Waals surface area contributed by atoms with Crippen molar-refractivity contribution in [1.29, 1.82) is 0 Å². The van der Waals surface area contributed by atoms with Gasteiger partial charge in [-0.05, 0) is 31.1 Å². The van der Waals surface area contributed by atoms with E-state index in [-0.39, 0.29) is 31.1 Å². The maximum absolute atomic E-state index is 12.8. The fourth-order valence-corrected chi connectivity index (χ4v) is 8.99. The van der Waals surface area contributed by atoms with Crippen LogP contribution in [0.25, 0.3) is 0 Å². The van der Waals surface area contributed by atoms with E-state index in [0.29, 0.717) is 19.3 Å². The van der Waals surface area contributed by atoms with Crippen LogP contribution in [0.5, 0.6) is 0 Å². The van der Waals surface area contributed by atoms with Crippen molar-refractivity contribution < 1.29 is 28.6 Å². The van der Waals surface area contributed by atoms with Crippen molar-refractivity contribution in [3.05, 3.63) is 0 Å². The lowest BCUT2D eigenvalue weighted by molar-refractivity contribution is -0.167. The van der Waals surface area contributed by atoms with Crippen LogP contribution in [-0.4, -0.2) is 37.2 Å². The van der Waals surface area contributed by atoms with Gasteiger partial charge in [0, 0.05) is 19.3 Å². The van der Waals surface area contributed by atoms with Crippen molar-refractivity contribution >= 4 is 17.9 Å². The van der Waals surface area contributed by atoms with Crippen LogP contribution in [0.3, 0.4) is 0 Å². The molecule has 0 aliphatic carbocycles. The Morgan fingerprint density at radius 1 is 0.308 bits per heavy atom. The Kier molecular flexibility index (Phi) is 50.5. The third-order valence-electron chi connectivity index (χ3n) is 14.2. The van der Waals surface area contributed by atoms with E-state index in [2.05, 4.69) is 34.6 Å². The highest BCUT2D eigenvalue weighted by Gasteiger charge is 2.19. The average Bonchev–Trinajstić information content (AvgIpc) is 3.30. The summed E-state index contributed by atoms with van der Waals surface area (Å²) in [5.41, 5.74) is 0. The van der Waals surface area contributed by atoms with Gasteiger partial charge in [-0.2, -0.15) is 0 Å². The number of hydrogen-bond donors (Lipinski definition) is 0. The Morgan fingerprint density at radius 2 is 0.538 bits per heavy atom. The molecule has 0 aromatic heterocycles. The molecule has 0 amide bonds. The van der Waals surface area contributed by atoms with Gasteiger partial charge in [-0.15, -0.1) is 0 Å². The molecule has 0 spiro atoms. The van der Waals surface area contributed by atoms with Gasteiger partial charge in [-0.25, -0.2) is 0 Å². The molecule has 0 aromatic rings. The molecule has 0 N–H and O–H groups in total. The Hall–Kier alpha value is -1.59. The molecular formula is C59H114O6. The summed E-state index contributed by atoms with van der Waals surface area (Å²) in [6, 6.07) is 0. The first-order valence-electron chi connectivity index (χ1n) is 29.3. The molecule has 386 valence electrons. The van der Waals surface area contributed by atoms with Gasteiger partial charge in [0.2, 0.25) is 0 Å². The quantitative estimate of drug-likeness (QED) is 0.0344. The molecule has 0 radical (unpaired) electrons. The summed E-state index contributed by atoms with van der Waals surface area (Å²) in [5, 5.41) is 0. The molecule has 0 saturated carbocycles. The lowest BCUT2D eigenvalue weighted by Crippen LogP contribution is -2.30. The molecule has 0 saturated heterocycles. The monoisotopic (exact) mass is 919 g/mol. The molecule has 3 atom stereocenters. The second-order valence-electron chi connectivity index (χ2n) is 20.8. The Bertz CT molecular complexity index is 997. The fraction of sp³-hybridized carbons (Fsp3) is 0.949. The van der Waals surface area contributed by atoms with Gasteiger partial charge in [0.15, 0.2) is 6.10 Å². The van der Waals surface area contributed by atoms with E-state index in [9.17, 15) is 14.4 Å². The molecule has 65 heavy (non-hydrogen) atoms. The summed E-state index contributed by atoms with van der Waals surface area (Å²) in [5.74, 6) is 0.896. The summed E-state index contributed by atoms with van der Waals surface area (Å²) < 4.78 is 16.9. The largest absolute Gasteiger partial charge is 0.462 e. The van der Waals surface area contributed by atoms with E-state index in [1.807, 2.05) is 0 Å². The highest BCUT2D eigenvalue weighted by molar-refractivity contribution is 5.71. The zero-order valence-electron chi connectivity index (χ0n) is 44.6. The van der Waals surface area contributed by atoms with E-state index in [1.54, 1.807) is 0 Å². The van der Waals surface area contributed by atoms with E-state index < -0.39 is 6.10 Å². The van der Waals surface area contributed by atoms with Gasteiger partial charge < -0.3 is 14.2 Å². The summed E-state index contributed by atoms with van der Waals surface area (Å²) in [4.78, 5) is 38.1. The summed E-state index contributed by atoms with van der Waals surface area (Å²) in [6.45, 7) is 11.5. The van der Waals surface area contributed by atoms with Crippen molar-refractivity contribution in [3.8, 4) is 0 Å². The molecule has 0 aliphatic rings. The van der Waals surface area contributed by atoms with Crippen LogP contribution < -0.4 is 0 Å². The van der Waals surface area contributed by atoms with Crippen LogP contribution in [0.4, 0.5) is 0 Å². The minimum absolute atomic E-state index is 0.0630. The first kappa shape index (κ1) is 63.4. The Labute approximate surface area is 406 Å². The molecule has 0 heterocycles. The molecule has 6 nitrogen and oxygen atoms in total. The molecule has 0 aliphatic heterocycles. The first-order chi connectivity index (χ1) is 31.8. The molecular weight excluding hydrogens is 805 g/mol. The minimum atomic E-state index is -0.763. The molecule has 0 aromatic carbocycles. The van der Waals surface area contributed by atoms with Crippen LogP contribution in [-0.2, 0) is 28.6 Å². The number of unbranched alkanes of at least 4 members (excludes halogenated alkanes) is 36. The SMILES string of the molecule is CCCCCCCCCCCCCCCCCCCCCC(=O)OC[C@H](COC(=O)CCCCCCCCCCCCC(C)CC)OC(=O)CCCCCCCCCCCCC(C)CC. The molecule has 2 unspecified atom stereocenters. The van der Waals surface area contributed by atoms with E-state index in [1.165, 1.54) is 218 Å². The predicted octanol–water partition coefficient (Wildman–Crippen LogP) is 19.3. The van der Waals surface area contributed by atoms with Crippen LogP contribution >= 0.6 is 0 Å². The van der Waals surface area contributed by atoms with Crippen molar-refractivity contribution in [3.63, 3.8) is 0 Å². The number of carbonyl (C=O) groups excluding carboxylic acids is 3. The Balaban J connectivity index is 4.29. The summed E-state index contributed by atoms with van der Waals surface area (Å²) in [6.07, 6.45) is 55.1. The highest BCUT2D eigenvalue weighted by atomic mass is 16.6. The third-order valence-corrected chi connectivity index (χ3v) is 14.2. The van der Waals surface area contributed by atoms with Gasteiger partial charge in [0.05, 0.1) is 0 Å². The van der Waals surface area contributed by atoms with Gasteiger partial charge in [-0.3, -0.25) is 14.4 Å². The van der Waals surface area contributed by atoms with Crippen molar-refractivity contribution in [2.75, 3.05) is 13.2 Å². The van der Waals surface area contributed by atoms with Crippen molar-refractivity contribution in [2.45, 2.75) is 336 Å². The minimum Gasteiger partial charge on any atom is -0.462 e. The van der Waals surface area contributed by atoms with E-state index in [0.717, 1.165) is 69.6 Å². The number of carbonyl (C=O) groups is 3. The molecule has 0 bridgehead atoms. The zero-order chi connectivity index (χ0) is 47.5. The normalized spacial score (nSPS) is 12.9. The first-order valence-corrected chi connectivity index (χ1v) is 29.3. The maximum atomic E-state index is 12.8. The third kappa shape index (κ3) is 50.1. The summed E-state index contributed by atoms with van der Waals surface area (Å²) >= 11 is 0. The van der Waals surface area contributed by atoms with Crippen molar-refractivity contribution in [1.82, 2.24) is 0 Å². The molecule has 0 rings (SSSR count). The van der Waals surface area contributed by atoms with Gasteiger partial charge in [0.25, 0.3) is 0 Å². The number of hydrogen-bond acceptors (Lipinski definition) is 6. The van der Waals surface area contributed by atoms with E-state index in [4.69, 9.17) is 14.2 Å². The van der Waals surface area contributed by atoms with Gasteiger partial charge in [-0.1, -0.05) is 291 Å². The highest BCUT2D eigenvalue weighted by Crippen LogP contribution is 2.19.